The van der Waals surface area contributed by atoms with E-state index in [0.717, 1.165) is 17.9 Å². The van der Waals surface area contributed by atoms with Gasteiger partial charge in [-0.2, -0.15) is 0 Å². The van der Waals surface area contributed by atoms with E-state index in [1.54, 1.807) is 4.90 Å². The molecule has 1 saturated carbocycles. The van der Waals surface area contributed by atoms with E-state index in [9.17, 15) is 9.59 Å². The zero-order valence-electron chi connectivity index (χ0n) is 12.2. The number of nitrogens with zero attached hydrogens (tertiary/aromatic N) is 2. The van der Waals surface area contributed by atoms with E-state index >= 15 is 0 Å². The third-order valence-corrected chi connectivity index (χ3v) is 4.20. The Kier molecular flexibility index (Phi) is 3.57. The van der Waals surface area contributed by atoms with Crippen molar-refractivity contribution in [2.45, 2.75) is 38.6 Å². The lowest BCUT2D eigenvalue weighted by molar-refractivity contribution is -0.138. The second-order valence-electron chi connectivity index (χ2n) is 5.81. The Morgan fingerprint density at radius 2 is 2.00 bits per heavy atom. The first kappa shape index (κ1) is 13.9. The lowest BCUT2D eigenvalue weighted by Crippen LogP contribution is -2.45. The summed E-state index contributed by atoms with van der Waals surface area (Å²) >= 11 is 0. The number of hydrogen-bond donors (Lipinski definition) is 1. The number of aryl methyl sites for hydroxylation is 1. The van der Waals surface area contributed by atoms with E-state index in [-0.39, 0.29) is 18.7 Å². The van der Waals surface area contributed by atoms with E-state index in [1.807, 2.05) is 12.1 Å². The Balaban J connectivity index is 1.87. The minimum absolute atomic E-state index is 0.0617. The quantitative estimate of drug-likeness (QED) is 0.922. The minimum atomic E-state index is -0.926. The molecule has 0 saturated heterocycles. The highest BCUT2D eigenvalue weighted by molar-refractivity contribution is 5.99. The predicted molar refractivity (Wildman–Crippen MR) is 80.8 cm³/mol. The smallest absolute Gasteiger partial charge is 0.303 e. The van der Waals surface area contributed by atoms with Crippen molar-refractivity contribution in [3.8, 4) is 0 Å². The number of fused-ring (bicyclic) bond motifs is 1. The molecule has 0 aromatic heterocycles. The van der Waals surface area contributed by atoms with Crippen molar-refractivity contribution >= 4 is 23.3 Å². The zero-order valence-corrected chi connectivity index (χ0v) is 12.2. The van der Waals surface area contributed by atoms with Crippen LogP contribution in [0.15, 0.2) is 18.2 Å². The summed E-state index contributed by atoms with van der Waals surface area (Å²) in [4.78, 5) is 27.1. The van der Waals surface area contributed by atoms with Gasteiger partial charge in [0.1, 0.15) is 0 Å². The molecule has 0 atom stereocenters. The van der Waals surface area contributed by atoms with Crippen molar-refractivity contribution < 1.29 is 14.7 Å². The highest BCUT2D eigenvalue weighted by Crippen LogP contribution is 2.42. The van der Waals surface area contributed by atoms with Crippen LogP contribution in [-0.2, 0) is 9.59 Å². The molecule has 1 aliphatic carbocycles. The van der Waals surface area contributed by atoms with Gasteiger partial charge in [0.2, 0.25) is 5.91 Å². The van der Waals surface area contributed by atoms with E-state index in [0.29, 0.717) is 12.6 Å². The Labute approximate surface area is 124 Å². The van der Waals surface area contributed by atoms with Gasteiger partial charge in [0.25, 0.3) is 0 Å². The van der Waals surface area contributed by atoms with Crippen LogP contribution in [0, 0.1) is 6.92 Å². The summed E-state index contributed by atoms with van der Waals surface area (Å²) in [6.07, 6.45) is 2.40. The third kappa shape index (κ3) is 2.73. The summed E-state index contributed by atoms with van der Waals surface area (Å²) in [7, 11) is 0. The van der Waals surface area contributed by atoms with Crippen LogP contribution in [0.1, 0.15) is 31.2 Å². The Bertz CT molecular complexity index is 581. The number of rotatable bonds is 4. The molecule has 3 rings (SSSR count). The van der Waals surface area contributed by atoms with Crippen molar-refractivity contribution in [3.05, 3.63) is 23.8 Å². The molecule has 1 aliphatic heterocycles. The summed E-state index contributed by atoms with van der Waals surface area (Å²) in [5, 5.41) is 8.74. The molecular weight excluding hydrogens is 268 g/mol. The van der Waals surface area contributed by atoms with Crippen molar-refractivity contribution in [1.82, 2.24) is 0 Å². The largest absolute Gasteiger partial charge is 0.481 e. The van der Waals surface area contributed by atoms with Crippen LogP contribution in [0.2, 0.25) is 0 Å². The average molecular weight is 288 g/mol. The van der Waals surface area contributed by atoms with Crippen LogP contribution in [0.5, 0.6) is 0 Å². The van der Waals surface area contributed by atoms with Crippen molar-refractivity contribution in [3.63, 3.8) is 0 Å². The number of carboxylic acid groups (broad SMARTS) is 1. The fourth-order valence-electron chi connectivity index (χ4n) is 3.03. The molecule has 5 heteroatoms. The number of anilines is 2. The molecule has 0 unspecified atom stereocenters. The first-order valence-corrected chi connectivity index (χ1v) is 7.46. The molecule has 0 radical (unpaired) electrons. The summed E-state index contributed by atoms with van der Waals surface area (Å²) < 4.78 is 0. The van der Waals surface area contributed by atoms with Gasteiger partial charge < -0.3 is 14.9 Å². The van der Waals surface area contributed by atoms with Crippen molar-refractivity contribution in [2.75, 3.05) is 22.9 Å². The normalized spacial score (nSPS) is 17.6. The number of aliphatic carboxylic acids is 1. The predicted octanol–water partition coefficient (Wildman–Crippen LogP) is 2.18. The summed E-state index contributed by atoms with van der Waals surface area (Å²) in [6.45, 7) is 3.55. The summed E-state index contributed by atoms with van der Waals surface area (Å²) in [6, 6.07) is 6.61. The van der Waals surface area contributed by atoms with Gasteiger partial charge in [-0.15, -0.1) is 0 Å². The molecule has 5 nitrogen and oxygen atoms in total. The maximum absolute atomic E-state index is 12.3. The van der Waals surface area contributed by atoms with Gasteiger partial charge >= 0.3 is 5.97 Å². The van der Waals surface area contributed by atoms with Crippen molar-refractivity contribution in [1.29, 1.82) is 0 Å². The van der Waals surface area contributed by atoms with E-state index < -0.39 is 5.97 Å². The number of amides is 1. The van der Waals surface area contributed by atoms with E-state index in [4.69, 9.17) is 5.11 Å². The molecule has 1 heterocycles. The second kappa shape index (κ2) is 5.39. The molecule has 2 aliphatic rings. The second-order valence-corrected chi connectivity index (χ2v) is 5.81. The number of carbonyl (C=O) groups excluding carboxylic acids is 1. The van der Waals surface area contributed by atoms with Crippen LogP contribution in [0.25, 0.3) is 0 Å². The third-order valence-electron chi connectivity index (χ3n) is 4.20. The molecule has 1 amide bonds. The van der Waals surface area contributed by atoms with E-state index in [1.165, 1.54) is 18.4 Å². The monoisotopic (exact) mass is 288 g/mol. The number of hydrogen-bond acceptors (Lipinski definition) is 3. The Morgan fingerprint density at radius 3 is 2.67 bits per heavy atom. The van der Waals surface area contributed by atoms with Gasteiger partial charge in [-0.05, 0) is 31.4 Å². The van der Waals surface area contributed by atoms with E-state index in [2.05, 4.69) is 17.9 Å². The van der Waals surface area contributed by atoms with Crippen LogP contribution in [-0.4, -0.2) is 36.1 Å². The minimum Gasteiger partial charge on any atom is -0.481 e. The highest BCUT2D eigenvalue weighted by atomic mass is 16.4. The first-order valence-electron chi connectivity index (χ1n) is 7.46. The van der Waals surface area contributed by atoms with Crippen molar-refractivity contribution in [2.24, 2.45) is 0 Å². The number of para-hydroxylation sites is 1. The number of benzene rings is 1. The van der Waals surface area contributed by atoms with Crippen LogP contribution < -0.4 is 9.80 Å². The Morgan fingerprint density at radius 1 is 1.24 bits per heavy atom. The maximum Gasteiger partial charge on any atom is 0.303 e. The standard InChI is InChI=1S/C16H20N2O3/c1-11-3-2-4-13-16(11)17(12-5-6-12)9-10-18(13)14(19)7-8-15(20)21/h2-4,12H,5-10H2,1H3,(H,20,21). The van der Waals surface area contributed by atoms with Gasteiger partial charge in [0.05, 0.1) is 17.8 Å². The van der Waals surface area contributed by atoms with Gasteiger partial charge in [-0.1, -0.05) is 12.1 Å². The Hall–Kier alpha value is -2.04. The SMILES string of the molecule is Cc1cccc2c1N(C1CC1)CCN2C(=O)CCC(=O)O. The zero-order chi connectivity index (χ0) is 15.0. The first-order chi connectivity index (χ1) is 10.1. The topological polar surface area (TPSA) is 60.9 Å². The number of carbonyl (C=O) groups is 2. The van der Waals surface area contributed by atoms with Gasteiger partial charge in [0.15, 0.2) is 0 Å². The fraction of sp³-hybridized carbons (Fsp3) is 0.500. The molecular formula is C16H20N2O3. The summed E-state index contributed by atoms with van der Waals surface area (Å²) in [5.41, 5.74) is 3.26. The van der Waals surface area contributed by atoms with Gasteiger partial charge in [-0.3, -0.25) is 9.59 Å². The molecule has 0 spiro atoms. The highest BCUT2D eigenvalue weighted by Gasteiger charge is 2.36. The lowest BCUT2D eigenvalue weighted by atomic mass is 10.1. The molecule has 1 fully saturated rings. The molecule has 1 N–H and O–H groups in total. The molecule has 21 heavy (non-hydrogen) atoms. The summed E-state index contributed by atoms with van der Waals surface area (Å²) in [5.74, 6) is -1.02. The van der Waals surface area contributed by atoms with Gasteiger partial charge in [-0.25, -0.2) is 0 Å². The molecule has 112 valence electrons. The lowest BCUT2D eigenvalue weighted by Gasteiger charge is -2.39. The van der Waals surface area contributed by atoms with Crippen LogP contribution >= 0.6 is 0 Å². The molecule has 0 bridgehead atoms. The van der Waals surface area contributed by atoms with Crippen LogP contribution in [0.4, 0.5) is 11.4 Å². The number of carboxylic acids is 1. The fourth-order valence-corrected chi connectivity index (χ4v) is 3.03. The molecule has 1 aromatic carbocycles. The molecule has 1 aromatic rings. The maximum atomic E-state index is 12.3. The van der Waals surface area contributed by atoms with Gasteiger partial charge in [0, 0.05) is 25.6 Å². The van der Waals surface area contributed by atoms with Crippen LogP contribution in [0.3, 0.4) is 0 Å². The average Bonchev–Trinajstić information content (AvgIpc) is 3.28.